The minimum absolute atomic E-state index is 0.0938. The molecular weight excluding hydrogens is 316 g/mol. The van der Waals surface area contributed by atoms with Gasteiger partial charge in [0.1, 0.15) is 5.75 Å². The summed E-state index contributed by atoms with van der Waals surface area (Å²) >= 11 is 0. The number of rotatable bonds is 2. The molecule has 26 heavy (non-hydrogen) atoms. The van der Waals surface area contributed by atoms with Gasteiger partial charge in [0.15, 0.2) is 0 Å². The van der Waals surface area contributed by atoms with E-state index in [1.165, 1.54) is 21.9 Å². The van der Waals surface area contributed by atoms with E-state index in [-0.39, 0.29) is 10.8 Å². The van der Waals surface area contributed by atoms with E-state index >= 15 is 0 Å². The van der Waals surface area contributed by atoms with E-state index in [1.54, 1.807) is 0 Å². The number of phenolic OH excluding ortho intramolecular Hbond substituents is 1. The summed E-state index contributed by atoms with van der Waals surface area (Å²) in [6.07, 6.45) is 0.872. The van der Waals surface area contributed by atoms with Crippen molar-refractivity contribution in [1.29, 1.82) is 0 Å². The molecule has 0 amide bonds. The first-order valence-electron chi connectivity index (χ1n) is 9.40. The highest BCUT2D eigenvalue weighted by Gasteiger charge is 2.26. The van der Waals surface area contributed by atoms with Gasteiger partial charge in [0.25, 0.3) is 0 Å². The maximum Gasteiger partial charge on any atom is 0.123 e. The third-order valence-corrected chi connectivity index (χ3v) is 5.01. The zero-order valence-electron chi connectivity index (χ0n) is 16.9. The summed E-state index contributed by atoms with van der Waals surface area (Å²) in [5, 5.41) is 13.4. The Morgan fingerprint density at radius 1 is 0.654 bits per heavy atom. The number of aromatic hydroxyl groups is 1. The summed E-state index contributed by atoms with van der Waals surface area (Å²) in [6.45, 7) is 13.0. The molecule has 0 spiro atoms. The monoisotopic (exact) mass is 346 g/mol. The van der Waals surface area contributed by atoms with Gasteiger partial charge >= 0.3 is 0 Å². The molecule has 0 bridgehead atoms. The van der Waals surface area contributed by atoms with E-state index in [0.29, 0.717) is 5.75 Å². The van der Waals surface area contributed by atoms with Gasteiger partial charge in [-0.1, -0.05) is 96.1 Å². The van der Waals surface area contributed by atoms with Crippen molar-refractivity contribution in [2.75, 3.05) is 0 Å². The van der Waals surface area contributed by atoms with E-state index in [0.717, 1.165) is 17.5 Å². The van der Waals surface area contributed by atoms with Gasteiger partial charge in [0.2, 0.25) is 0 Å². The molecule has 3 aromatic carbocycles. The van der Waals surface area contributed by atoms with E-state index in [2.05, 4.69) is 96.1 Å². The third-order valence-electron chi connectivity index (χ3n) is 5.01. The lowest BCUT2D eigenvalue weighted by Gasteiger charge is -2.28. The first kappa shape index (κ1) is 18.5. The number of fused-ring (bicyclic) bond motifs is 1. The molecule has 0 heterocycles. The van der Waals surface area contributed by atoms with Crippen LogP contribution in [0.5, 0.6) is 5.75 Å². The highest BCUT2D eigenvalue weighted by molar-refractivity contribution is 5.83. The van der Waals surface area contributed by atoms with Crippen molar-refractivity contribution in [3.8, 4) is 5.75 Å². The molecule has 0 unspecified atom stereocenters. The first-order chi connectivity index (χ1) is 12.1. The van der Waals surface area contributed by atoms with Gasteiger partial charge in [0, 0.05) is 0 Å². The molecule has 3 rings (SSSR count). The van der Waals surface area contributed by atoms with E-state index in [4.69, 9.17) is 0 Å². The van der Waals surface area contributed by atoms with Crippen LogP contribution in [-0.2, 0) is 17.3 Å². The molecule has 1 nitrogen and oxygen atoms in total. The van der Waals surface area contributed by atoms with E-state index in [1.807, 2.05) is 0 Å². The van der Waals surface area contributed by atoms with Crippen LogP contribution in [-0.4, -0.2) is 5.11 Å². The lowest BCUT2D eigenvalue weighted by atomic mass is 9.78. The van der Waals surface area contributed by atoms with Crippen LogP contribution in [0.3, 0.4) is 0 Å². The van der Waals surface area contributed by atoms with Gasteiger partial charge in [-0.15, -0.1) is 0 Å². The zero-order valence-corrected chi connectivity index (χ0v) is 16.9. The second kappa shape index (κ2) is 6.46. The van der Waals surface area contributed by atoms with Crippen molar-refractivity contribution < 1.29 is 5.11 Å². The Kier molecular flexibility index (Phi) is 4.60. The standard InChI is InChI=1S/C25H30O/c1-24(2,3)21-15-18(16-22(23(21)26)25(4,5)6)13-17-11-12-19-9-7-8-10-20(19)14-17/h7-12,14-16,26H,13H2,1-6H3. The number of phenols is 1. The maximum atomic E-state index is 10.9. The number of hydrogen-bond acceptors (Lipinski definition) is 1. The molecule has 1 heteroatoms. The predicted octanol–water partition coefficient (Wildman–Crippen LogP) is 6.73. The van der Waals surface area contributed by atoms with E-state index < -0.39 is 0 Å². The summed E-state index contributed by atoms with van der Waals surface area (Å²) in [5.41, 5.74) is 4.43. The molecule has 3 aromatic rings. The fourth-order valence-corrected chi connectivity index (χ4v) is 3.52. The first-order valence-corrected chi connectivity index (χ1v) is 9.40. The van der Waals surface area contributed by atoms with Gasteiger partial charge in [-0.3, -0.25) is 0 Å². The van der Waals surface area contributed by atoms with Crippen molar-refractivity contribution >= 4 is 10.8 Å². The molecule has 0 aliphatic carbocycles. The van der Waals surface area contributed by atoms with Crippen molar-refractivity contribution in [3.63, 3.8) is 0 Å². The fourth-order valence-electron chi connectivity index (χ4n) is 3.52. The van der Waals surface area contributed by atoms with Crippen LogP contribution >= 0.6 is 0 Å². The summed E-state index contributed by atoms with van der Waals surface area (Å²) in [7, 11) is 0. The molecule has 0 aliphatic rings. The van der Waals surface area contributed by atoms with Crippen LogP contribution in [0.25, 0.3) is 10.8 Å². The SMILES string of the molecule is CC(C)(C)c1cc(Cc2ccc3ccccc3c2)cc(C(C)(C)C)c1O. The van der Waals surface area contributed by atoms with Gasteiger partial charge in [-0.25, -0.2) is 0 Å². The molecule has 0 aliphatic heterocycles. The summed E-state index contributed by atoms with van der Waals surface area (Å²) in [4.78, 5) is 0. The topological polar surface area (TPSA) is 20.2 Å². The quantitative estimate of drug-likeness (QED) is 0.545. The van der Waals surface area contributed by atoms with Gasteiger partial charge in [-0.05, 0) is 50.3 Å². The van der Waals surface area contributed by atoms with Crippen LogP contribution in [0, 0.1) is 0 Å². The summed E-state index contributed by atoms with van der Waals surface area (Å²) < 4.78 is 0. The summed E-state index contributed by atoms with van der Waals surface area (Å²) in [6, 6.07) is 19.5. The maximum absolute atomic E-state index is 10.9. The molecule has 136 valence electrons. The normalized spacial score (nSPS) is 12.5. The zero-order chi connectivity index (χ0) is 19.1. The van der Waals surface area contributed by atoms with Crippen LogP contribution in [0.4, 0.5) is 0 Å². The molecule has 0 fully saturated rings. The third kappa shape index (κ3) is 3.77. The average Bonchev–Trinajstić information content (AvgIpc) is 2.54. The van der Waals surface area contributed by atoms with Crippen LogP contribution in [0.15, 0.2) is 54.6 Å². The van der Waals surface area contributed by atoms with Crippen molar-refractivity contribution in [2.24, 2.45) is 0 Å². The molecule has 0 saturated heterocycles. The Hall–Kier alpha value is -2.28. The van der Waals surface area contributed by atoms with E-state index in [9.17, 15) is 5.11 Å². The molecule has 1 N–H and O–H groups in total. The Morgan fingerprint density at radius 2 is 1.19 bits per heavy atom. The number of hydrogen-bond donors (Lipinski definition) is 1. The van der Waals surface area contributed by atoms with Gasteiger partial charge in [0.05, 0.1) is 0 Å². The van der Waals surface area contributed by atoms with Crippen molar-refractivity contribution in [3.05, 3.63) is 76.9 Å². The Morgan fingerprint density at radius 3 is 1.73 bits per heavy atom. The van der Waals surface area contributed by atoms with Crippen LogP contribution in [0.1, 0.15) is 63.8 Å². The smallest absolute Gasteiger partial charge is 0.123 e. The predicted molar refractivity (Wildman–Crippen MR) is 112 cm³/mol. The molecule has 0 aromatic heterocycles. The second-order valence-electron chi connectivity index (χ2n) is 9.40. The molecular formula is C25H30O. The van der Waals surface area contributed by atoms with Crippen LogP contribution in [0.2, 0.25) is 0 Å². The fraction of sp³-hybridized carbons (Fsp3) is 0.360. The van der Waals surface area contributed by atoms with Crippen LogP contribution < -0.4 is 0 Å². The largest absolute Gasteiger partial charge is 0.507 e. The Labute approximate surface area is 157 Å². The number of benzene rings is 3. The minimum atomic E-state index is -0.0938. The Bertz CT molecular complexity index is 901. The molecule has 0 radical (unpaired) electrons. The minimum Gasteiger partial charge on any atom is -0.507 e. The highest BCUT2D eigenvalue weighted by atomic mass is 16.3. The highest BCUT2D eigenvalue weighted by Crippen LogP contribution is 2.40. The Balaban J connectivity index is 2.08. The van der Waals surface area contributed by atoms with Crippen molar-refractivity contribution in [1.82, 2.24) is 0 Å². The lowest BCUT2D eigenvalue weighted by Crippen LogP contribution is -2.18. The average molecular weight is 347 g/mol. The molecule has 0 atom stereocenters. The van der Waals surface area contributed by atoms with Crippen molar-refractivity contribution in [2.45, 2.75) is 58.8 Å². The molecule has 0 saturated carbocycles. The van der Waals surface area contributed by atoms with Gasteiger partial charge in [-0.2, -0.15) is 0 Å². The lowest BCUT2D eigenvalue weighted by molar-refractivity contribution is 0.423. The summed E-state index contributed by atoms with van der Waals surface area (Å²) in [5.74, 6) is 0.451. The second-order valence-corrected chi connectivity index (χ2v) is 9.40. The van der Waals surface area contributed by atoms with Gasteiger partial charge < -0.3 is 5.11 Å².